The molecule has 0 amide bonds. The first-order valence-corrected chi connectivity index (χ1v) is 9.18. The number of rotatable bonds is 4. The van der Waals surface area contributed by atoms with E-state index in [9.17, 15) is 0 Å². The van der Waals surface area contributed by atoms with Gasteiger partial charge in [0, 0.05) is 30.9 Å². The summed E-state index contributed by atoms with van der Waals surface area (Å²) in [5.74, 6) is 2.99. The first-order chi connectivity index (χ1) is 12.2. The van der Waals surface area contributed by atoms with Crippen molar-refractivity contribution in [3.63, 3.8) is 0 Å². The first-order valence-electron chi connectivity index (χ1n) is 8.19. The number of aromatic nitrogens is 2. The summed E-state index contributed by atoms with van der Waals surface area (Å²) < 4.78 is 10.7. The molecule has 3 heterocycles. The highest BCUT2D eigenvalue weighted by Crippen LogP contribution is 2.43. The van der Waals surface area contributed by atoms with Crippen LogP contribution in [0.15, 0.2) is 29.4 Å². The molecule has 1 atom stereocenters. The lowest BCUT2D eigenvalue weighted by Gasteiger charge is -2.20. The van der Waals surface area contributed by atoms with E-state index in [4.69, 9.17) is 20.2 Å². The highest BCUT2D eigenvalue weighted by Gasteiger charge is 2.27. The van der Waals surface area contributed by atoms with Gasteiger partial charge in [-0.05, 0) is 18.6 Å². The molecule has 1 unspecified atom stereocenters. The minimum atomic E-state index is 0.216. The minimum Gasteiger partial charge on any atom is -0.493 e. The van der Waals surface area contributed by atoms with Crippen molar-refractivity contribution in [1.29, 1.82) is 0 Å². The molecule has 0 spiro atoms. The summed E-state index contributed by atoms with van der Waals surface area (Å²) in [4.78, 5) is 13.7. The van der Waals surface area contributed by atoms with Gasteiger partial charge in [-0.3, -0.25) is 0 Å². The van der Waals surface area contributed by atoms with Crippen molar-refractivity contribution < 1.29 is 9.47 Å². The van der Waals surface area contributed by atoms with Crippen molar-refractivity contribution in [2.24, 2.45) is 5.73 Å². The number of hydrogen-bond acceptors (Lipinski definition) is 8. The average molecular weight is 359 g/mol. The van der Waals surface area contributed by atoms with Crippen molar-refractivity contribution in [1.82, 2.24) is 9.97 Å². The molecule has 2 aliphatic rings. The number of nitrogens with two attached hydrogens (primary N) is 1. The van der Waals surface area contributed by atoms with Crippen molar-refractivity contribution in [3.8, 4) is 11.5 Å². The van der Waals surface area contributed by atoms with E-state index in [0.717, 1.165) is 53.5 Å². The summed E-state index contributed by atoms with van der Waals surface area (Å²) in [6, 6.07) is 6.12. The largest absolute Gasteiger partial charge is 0.493 e. The fourth-order valence-corrected chi connectivity index (χ4v) is 4.16. The van der Waals surface area contributed by atoms with Gasteiger partial charge in [0.15, 0.2) is 11.5 Å². The molecule has 7 nitrogen and oxygen atoms in total. The zero-order valence-electron chi connectivity index (χ0n) is 14.3. The summed E-state index contributed by atoms with van der Waals surface area (Å²) in [6.45, 7) is 1.74. The third kappa shape index (κ3) is 2.96. The molecule has 8 heteroatoms. The molecule has 1 saturated heterocycles. The lowest BCUT2D eigenvalue weighted by Crippen LogP contribution is -2.27. The monoisotopic (exact) mass is 359 g/mol. The van der Waals surface area contributed by atoms with Gasteiger partial charge in [-0.25, -0.2) is 9.97 Å². The lowest BCUT2D eigenvalue weighted by atomic mass is 10.2. The zero-order chi connectivity index (χ0) is 17.4. The van der Waals surface area contributed by atoms with Crippen LogP contribution in [0.3, 0.4) is 0 Å². The molecule has 1 aromatic heterocycles. The second-order valence-electron chi connectivity index (χ2n) is 6.10. The average Bonchev–Trinajstić information content (AvgIpc) is 3.26. The fourth-order valence-electron chi connectivity index (χ4n) is 3.17. The van der Waals surface area contributed by atoms with Crippen LogP contribution in [-0.4, -0.2) is 49.2 Å². The Kier molecular flexibility index (Phi) is 4.30. The van der Waals surface area contributed by atoms with E-state index in [1.54, 1.807) is 26.0 Å². The van der Waals surface area contributed by atoms with Crippen molar-refractivity contribution in [2.75, 3.05) is 43.0 Å². The number of benzene rings is 1. The molecule has 0 saturated carbocycles. The van der Waals surface area contributed by atoms with Gasteiger partial charge < -0.3 is 25.0 Å². The van der Waals surface area contributed by atoms with Crippen LogP contribution in [0.1, 0.15) is 6.42 Å². The molecule has 2 aliphatic heterocycles. The molecule has 25 heavy (non-hydrogen) atoms. The van der Waals surface area contributed by atoms with E-state index in [1.807, 2.05) is 24.4 Å². The van der Waals surface area contributed by atoms with Crippen LogP contribution in [0.2, 0.25) is 0 Å². The molecule has 2 aromatic rings. The quantitative estimate of drug-likeness (QED) is 0.833. The smallest absolute Gasteiger partial charge is 0.226 e. The van der Waals surface area contributed by atoms with Gasteiger partial charge in [0.05, 0.1) is 32.0 Å². The Bertz CT molecular complexity index is 788. The lowest BCUT2D eigenvalue weighted by molar-refractivity contribution is 0.355. The highest BCUT2D eigenvalue weighted by atomic mass is 32.2. The Hall–Kier alpha value is -2.19. The second kappa shape index (κ2) is 6.61. The Morgan fingerprint density at radius 2 is 2.08 bits per heavy atom. The number of anilines is 3. The summed E-state index contributed by atoms with van der Waals surface area (Å²) in [7, 11) is 3.28. The van der Waals surface area contributed by atoms with Crippen molar-refractivity contribution >= 4 is 29.1 Å². The van der Waals surface area contributed by atoms with Gasteiger partial charge >= 0.3 is 0 Å². The number of nitrogens with zero attached hydrogens (tertiary/aromatic N) is 4. The summed E-state index contributed by atoms with van der Waals surface area (Å²) in [5.41, 5.74) is 8.04. The summed E-state index contributed by atoms with van der Waals surface area (Å²) >= 11 is 1.71. The predicted molar refractivity (Wildman–Crippen MR) is 99.2 cm³/mol. The standard InChI is InChI=1S/C17H21N5O2S/c1-23-14-4-3-12(7-15(14)24-2)22-10-25-16-13(22)8-19-17(20-16)21-6-5-11(18)9-21/h3-4,7-8,11H,5-6,9-10,18H2,1-2H3. The first kappa shape index (κ1) is 16.3. The SMILES string of the molecule is COc1ccc(N2CSc3nc(N4CCC(N)C4)ncc32)cc1OC. The van der Waals surface area contributed by atoms with Crippen LogP contribution in [0, 0.1) is 0 Å². The Morgan fingerprint density at radius 3 is 2.80 bits per heavy atom. The van der Waals surface area contributed by atoms with Crippen LogP contribution in [0.5, 0.6) is 11.5 Å². The molecular weight excluding hydrogens is 338 g/mol. The zero-order valence-corrected chi connectivity index (χ0v) is 15.1. The van der Waals surface area contributed by atoms with E-state index in [0.29, 0.717) is 5.75 Å². The van der Waals surface area contributed by atoms with E-state index < -0.39 is 0 Å². The number of ether oxygens (including phenoxy) is 2. The molecule has 1 fully saturated rings. The van der Waals surface area contributed by atoms with Gasteiger partial charge in [0.25, 0.3) is 0 Å². The number of hydrogen-bond donors (Lipinski definition) is 1. The molecule has 0 aliphatic carbocycles. The summed E-state index contributed by atoms with van der Waals surface area (Å²) in [5, 5.41) is 1.00. The van der Waals surface area contributed by atoms with E-state index >= 15 is 0 Å². The second-order valence-corrected chi connectivity index (χ2v) is 7.03. The maximum atomic E-state index is 5.99. The third-order valence-electron chi connectivity index (χ3n) is 4.53. The van der Waals surface area contributed by atoms with E-state index in [2.05, 4.69) is 14.8 Å². The predicted octanol–water partition coefficient (Wildman–Crippen LogP) is 2.23. The normalized spacial score (nSPS) is 19.2. The van der Waals surface area contributed by atoms with Crippen LogP contribution < -0.4 is 25.0 Å². The van der Waals surface area contributed by atoms with Crippen molar-refractivity contribution in [3.05, 3.63) is 24.4 Å². The van der Waals surface area contributed by atoms with Gasteiger partial charge in [0.1, 0.15) is 5.03 Å². The number of methoxy groups -OCH3 is 2. The van der Waals surface area contributed by atoms with Gasteiger partial charge in [-0.2, -0.15) is 0 Å². The maximum absolute atomic E-state index is 5.99. The third-order valence-corrected chi connectivity index (χ3v) is 5.49. The van der Waals surface area contributed by atoms with Crippen LogP contribution in [0.25, 0.3) is 0 Å². The highest BCUT2D eigenvalue weighted by molar-refractivity contribution is 7.99. The Labute approximate surface area is 151 Å². The molecule has 1 aromatic carbocycles. The van der Waals surface area contributed by atoms with Gasteiger partial charge in [-0.1, -0.05) is 11.8 Å². The van der Waals surface area contributed by atoms with Gasteiger partial charge in [0.2, 0.25) is 5.95 Å². The molecule has 0 radical (unpaired) electrons. The molecule has 0 bridgehead atoms. The van der Waals surface area contributed by atoms with Crippen LogP contribution in [0.4, 0.5) is 17.3 Å². The molecule has 2 N–H and O–H groups in total. The minimum absolute atomic E-state index is 0.216. The molecular formula is C17H21N5O2S. The van der Waals surface area contributed by atoms with E-state index in [-0.39, 0.29) is 6.04 Å². The molecule has 4 rings (SSSR count). The van der Waals surface area contributed by atoms with Crippen molar-refractivity contribution in [2.45, 2.75) is 17.5 Å². The fraction of sp³-hybridized carbons (Fsp3) is 0.412. The van der Waals surface area contributed by atoms with Gasteiger partial charge in [-0.15, -0.1) is 0 Å². The Balaban J connectivity index is 1.62. The van der Waals surface area contributed by atoms with E-state index in [1.165, 1.54) is 0 Å². The Morgan fingerprint density at radius 1 is 1.24 bits per heavy atom. The maximum Gasteiger partial charge on any atom is 0.226 e. The number of thioether (sulfide) groups is 1. The topological polar surface area (TPSA) is 76.7 Å². The molecule has 132 valence electrons. The van der Waals surface area contributed by atoms with Crippen LogP contribution >= 0.6 is 11.8 Å². The summed E-state index contributed by atoms with van der Waals surface area (Å²) in [6.07, 6.45) is 2.89. The number of fused-ring (bicyclic) bond motifs is 1. The van der Waals surface area contributed by atoms with Crippen LogP contribution in [-0.2, 0) is 0 Å².